The first kappa shape index (κ1) is 9.85. The van der Waals surface area contributed by atoms with Crippen molar-refractivity contribution >= 4 is 21.4 Å². The van der Waals surface area contributed by atoms with Crippen LogP contribution in [0.1, 0.15) is 5.56 Å². The molecule has 1 rings (SSSR count). The van der Waals surface area contributed by atoms with Crippen molar-refractivity contribution in [2.24, 2.45) is 0 Å². The van der Waals surface area contributed by atoms with Crippen LogP contribution in [0, 0.1) is 6.92 Å². The monoisotopic (exact) mass is 200 g/mol. The summed E-state index contributed by atoms with van der Waals surface area (Å²) in [4.78, 5) is 0. The average Bonchev–Trinajstić information content (AvgIpc) is 1.94. The zero-order valence-electron chi connectivity index (χ0n) is 7.53. The van der Waals surface area contributed by atoms with Crippen LogP contribution in [0.25, 0.3) is 0 Å². The number of hydrogen-bond acceptors (Lipinski definition) is 3. The number of anilines is 2. The zero-order chi connectivity index (χ0) is 10.1. The number of aryl methyl sites for hydroxylation is 1. The van der Waals surface area contributed by atoms with Gasteiger partial charge in [0.2, 0.25) is 10.0 Å². The minimum absolute atomic E-state index is 0.536. The number of sulfonamides is 1. The summed E-state index contributed by atoms with van der Waals surface area (Å²) in [6.45, 7) is 1.82. The van der Waals surface area contributed by atoms with Gasteiger partial charge in [0.05, 0.1) is 6.26 Å². The second-order valence-corrected chi connectivity index (χ2v) is 4.69. The Morgan fingerprint density at radius 1 is 1.38 bits per heavy atom. The Bertz CT molecular complexity index is 412. The second-order valence-electron chi connectivity index (χ2n) is 2.95. The summed E-state index contributed by atoms with van der Waals surface area (Å²) in [5.41, 5.74) is 7.62. The van der Waals surface area contributed by atoms with Crippen LogP contribution in [0.5, 0.6) is 0 Å². The van der Waals surface area contributed by atoms with Gasteiger partial charge in [-0.05, 0) is 30.7 Å². The molecule has 0 heterocycles. The Labute approximate surface area is 77.8 Å². The number of benzene rings is 1. The summed E-state index contributed by atoms with van der Waals surface area (Å²) in [6, 6.07) is 4.99. The molecule has 72 valence electrons. The topological polar surface area (TPSA) is 72.2 Å². The highest BCUT2D eigenvalue weighted by Crippen LogP contribution is 2.16. The van der Waals surface area contributed by atoms with E-state index in [1.807, 2.05) is 6.92 Å². The van der Waals surface area contributed by atoms with E-state index in [0.717, 1.165) is 11.8 Å². The van der Waals surface area contributed by atoms with Gasteiger partial charge >= 0.3 is 0 Å². The maximum absolute atomic E-state index is 10.9. The summed E-state index contributed by atoms with van der Waals surface area (Å²) in [5, 5.41) is 0. The fourth-order valence-corrected chi connectivity index (χ4v) is 1.51. The predicted octanol–water partition coefficient (Wildman–Crippen LogP) is 0.949. The molecule has 3 N–H and O–H groups in total. The van der Waals surface area contributed by atoms with Crippen LogP contribution in [0.2, 0.25) is 0 Å². The van der Waals surface area contributed by atoms with Crippen molar-refractivity contribution in [3.63, 3.8) is 0 Å². The SMILES string of the molecule is Cc1cc(NS(C)(=O)=O)ccc1N. The predicted molar refractivity (Wildman–Crippen MR) is 54.1 cm³/mol. The van der Waals surface area contributed by atoms with Crippen molar-refractivity contribution < 1.29 is 8.42 Å². The van der Waals surface area contributed by atoms with E-state index in [1.54, 1.807) is 18.2 Å². The molecule has 0 amide bonds. The molecule has 0 aromatic heterocycles. The summed E-state index contributed by atoms with van der Waals surface area (Å²) in [5.74, 6) is 0. The average molecular weight is 200 g/mol. The maximum Gasteiger partial charge on any atom is 0.229 e. The van der Waals surface area contributed by atoms with Gasteiger partial charge in [-0.25, -0.2) is 8.42 Å². The first-order chi connectivity index (χ1) is 5.88. The molecule has 4 nitrogen and oxygen atoms in total. The van der Waals surface area contributed by atoms with Gasteiger partial charge in [0.15, 0.2) is 0 Å². The fourth-order valence-electron chi connectivity index (χ4n) is 0.953. The Hall–Kier alpha value is -1.23. The fraction of sp³-hybridized carbons (Fsp3) is 0.250. The highest BCUT2D eigenvalue weighted by atomic mass is 32.2. The third kappa shape index (κ3) is 2.95. The van der Waals surface area contributed by atoms with E-state index in [9.17, 15) is 8.42 Å². The molecule has 0 aliphatic heterocycles. The molecule has 0 saturated carbocycles. The van der Waals surface area contributed by atoms with Crippen LogP contribution in [0.15, 0.2) is 18.2 Å². The summed E-state index contributed by atoms with van der Waals surface area (Å²) >= 11 is 0. The number of rotatable bonds is 2. The molecule has 5 heteroatoms. The molecule has 1 aromatic carbocycles. The van der Waals surface area contributed by atoms with E-state index in [0.29, 0.717) is 11.4 Å². The molecule has 0 unspecified atom stereocenters. The molecule has 1 aromatic rings. The molecule has 0 fully saturated rings. The minimum Gasteiger partial charge on any atom is -0.399 e. The van der Waals surface area contributed by atoms with Crippen LogP contribution < -0.4 is 10.5 Å². The van der Waals surface area contributed by atoms with E-state index in [-0.39, 0.29) is 0 Å². The van der Waals surface area contributed by atoms with Crippen LogP contribution in [0.4, 0.5) is 11.4 Å². The molecular formula is C8H12N2O2S. The first-order valence-electron chi connectivity index (χ1n) is 3.72. The number of nitrogens with two attached hydrogens (primary N) is 1. The van der Waals surface area contributed by atoms with E-state index < -0.39 is 10.0 Å². The lowest BCUT2D eigenvalue weighted by Crippen LogP contribution is -2.09. The number of hydrogen-bond donors (Lipinski definition) is 2. The normalized spacial score (nSPS) is 11.2. The maximum atomic E-state index is 10.9. The molecule has 0 spiro atoms. The number of nitrogens with one attached hydrogen (secondary N) is 1. The van der Waals surface area contributed by atoms with Gasteiger partial charge in [-0.2, -0.15) is 0 Å². The van der Waals surface area contributed by atoms with Crippen molar-refractivity contribution in [1.82, 2.24) is 0 Å². The van der Waals surface area contributed by atoms with Gasteiger partial charge < -0.3 is 5.73 Å². The lowest BCUT2D eigenvalue weighted by molar-refractivity contribution is 0.607. The quantitative estimate of drug-likeness (QED) is 0.698. The van der Waals surface area contributed by atoms with Gasteiger partial charge in [-0.15, -0.1) is 0 Å². The first-order valence-corrected chi connectivity index (χ1v) is 5.61. The largest absolute Gasteiger partial charge is 0.399 e. The molecule has 0 aliphatic carbocycles. The second kappa shape index (κ2) is 3.26. The Balaban J connectivity index is 2.99. The van der Waals surface area contributed by atoms with E-state index in [1.165, 1.54) is 0 Å². The zero-order valence-corrected chi connectivity index (χ0v) is 8.35. The van der Waals surface area contributed by atoms with Crippen molar-refractivity contribution in [2.45, 2.75) is 6.92 Å². The molecule has 0 saturated heterocycles. The van der Waals surface area contributed by atoms with Crippen molar-refractivity contribution in [2.75, 3.05) is 16.7 Å². The summed E-state index contributed by atoms with van der Waals surface area (Å²) < 4.78 is 24.1. The van der Waals surface area contributed by atoms with Crippen molar-refractivity contribution in [1.29, 1.82) is 0 Å². The smallest absolute Gasteiger partial charge is 0.229 e. The molecule has 0 radical (unpaired) electrons. The highest BCUT2D eigenvalue weighted by molar-refractivity contribution is 7.92. The Kier molecular flexibility index (Phi) is 2.47. The number of nitrogen functional groups attached to an aromatic ring is 1. The molecule has 0 aliphatic rings. The van der Waals surface area contributed by atoms with E-state index in [2.05, 4.69) is 4.72 Å². The summed E-state index contributed by atoms with van der Waals surface area (Å²) in [7, 11) is -3.20. The van der Waals surface area contributed by atoms with Crippen LogP contribution in [0.3, 0.4) is 0 Å². The van der Waals surface area contributed by atoms with E-state index in [4.69, 9.17) is 5.73 Å². The molecular weight excluding hydrogens is 188 g/mol. The molecule has 0 atom stereocenters. The Morgan fingerprint density at radius 3 is 2.46 bits per heavy atom. The molecule has 13 heavy (non-hydrogen) atoms. The lowest BCUT2D eigenvalue weighted by Gasteiger charge is -2.05. The highest BCUT2D eigenvalue weighted by Gasteiger charge is 2.02. The third-order valence-electron chi connectivity index (χ3n) is 1.57. The van der Waals surface area contributed by atoms with E-state index >= 15 is 0 Å². The Morgan fingerprint density at radius 2 is 2.00 bits per heavy atom. The third-order valence-corrected chi connectivity index (χ3v) is 2.18. The van der Waals surface area contributed by atoms with Crippen molar-refractivity contribution in [3.8, 4) is 0 Å². The molecule has 0 bridgehead atoms. The van der Waals surface area contributed by atoms with Crippen molar-refractivity contribution in [3.05, 3.63) is 23.8 Å². The van der Waals surface area contributed by atoms with Gasteiger partial charge in [0, 0.05) is 11.4 Å². The summed E-state index contributed by atoms with van der Waals surface area (Å²) in [6.07, 6.45) is 1.11. The van der Waals surface area contributed by atoms with Gasteiger partial charge in [-0.3, -0.25) is 4.72 Å². The van der Waals surface area contributed by atoms with Crippen LogP contribution in [-0.2, 0) is 10.0 Å². The van der Waals surface area contributed by atoms with Gasteiger partial charge in [0.25, 0.3) is 0 Å². The van der Waals surface area contributed by atoms with Gasteiger partial charge in [-0.1, -0.05) is 0 Å². The lowest BCUT2D eigenvalue weighted by atomic mass is 10.2. The minimum atomic E-state index is -3.20. The standard InChI is InChI=1S/C8H12N2O2S/c1-6-5-7(3-4-8(6)9)10-13(2,11)12/h3-5,10H,9H2,1-2H3. The van der Waals surface area contributed by atoms with Crippen LogP contribution >= 0.6 is 0 Å². The van der Waals surface area contributed by atoms with Crippen LogP contribution in [-0.4, -0.2) is 14.7 Å². The van der Waals surface area contributed by atoms with Gasteiger partial charge in [0.1, 0.15) is 0 Å².